The van der Waals surface area contributed by atoms with E-state index in [1.807, 2.05) is 30.3 Å². The fourth-order valence-electron chi connectivity index (χ4n) is 2.18. The second-order valence-electron chi connectivity index (χ2n) is 5.64. The zero-order chi connectivity index (χ0) is 20.4. The topological polar surface area (TPSA) is 69.2 Å². The summed E-state index contributed by atoms with van der Waals surface area (Å²) in [5.41, 5.74) is 8.05. The van der Waals surface area contributed by atoms with Crippen LogP contribution in [0, 0.1) is 0 Å². The van der Waals surface area contributed by atoms with Crippen LogP contribution in [0.2, 0.25) is 0 Å². The third-order valence-corrected chi connectivity index (χ3v) is 4.28. The van der Waals surface area contributed by atoms with E-state index in [0.29, 0.717) is 27.8 Å². The van der Waals surface area contributed by atoms with Gasteiger partial charge in [-0.1, -0.05) is 42.1 Å². The number of ether oxygens (including phenoxy) is 2. The van der Waals surface area contributed by atoms with Crippen LogP contribution in [-0.2, 0) is 17.1 Å². The SMILES string of the molecule is COc1ccc(C=NN=C(N)SCc2ccccc2)cc1COCC(F)(F)F. The first-order valence-corrected chi connectivity index (χ1v) is 9.20. The van der Waals surface area contributed by atoms with Crippen molar-refractivity contribution in [3.8, 4) is 5.75 Å². The first-order valence-electron chi connectivity index (χ1n) is 8.22. The Morgan fingerprint density at radius 2 is 1.93 bits per heavy atom. The van der Waals surface area contributed by atoms with Crippen LogP contribution in [0.1, 0.15) is 16.7 Å². The van der Waals surface area contributed by atoms with E-state index in [1.165, 1.54) is 25.1 Å². The van der Waals surface area contributed by atoms with Crippen molar-refractivity contribution < 1.29 is 22.6 Å². The van der Waals surface area contributed by atoms with Crippen molar-refractivity contribution in [3.05, 3.63) is 65.2 Å². The lowest BCUT2D eigenvalue weighted by atomic mass is 10.1. The summed E-state index contributed by atoms with van der Waals surface area (Å²) < 4.78 is 46.5. The van der Waals surface area contributed by atoms with Crippen LogP contribution in [0.25, 0.3) is 0 Å². The van der Waals surface area contributed by atoms with Gasteiger partial charge in [-0.15, -0.1) is 5.10 Å². The lowest BCUT2D eigenvalue weighted by Crippen LogP contribution is -2.16. The number of nitrogens with zero attached hydrogens (tertiary/aromatic N) is 2. The van der Waals surface area contributed by atoms with E-state index >= 15 is 0 Å². The molecule has 2 aromatic rings. The van der Waals surface area contributed by atoms with Gasteiger partial charge in [0.05, 0.1) is 19.9 Å². The minimum Gasteiger partial charge on any atom is -0.496 e. The molecule has 0 unspecified atom stereocenters. The summed E-state index contributed by atoms with van der Waals surface area (Å²) in [5, 5.41) is 8.15. The standard InChI is InChI=1S/C19H20F3N3O2S/c1-26-17-8-7-15(9-16(17)11-27-13-19(20,21)22)10-24-25-18(23)28-12-14-5-3-2-4-6-14/h2-10H,11-13H2,1H3,(H2,23,25). The Bertz CT molecular complexity index is 812. The van der Waals surface area contributed by atoms with E-state index in [2.05, 4.69) is 10.2 Å². The van der Waals surface area contributed by atoms with Crippen molar-refractivity contribution in [2.24, 2.45) is 15.9 Å². The monoisotopic (exact) mass is 411 g/mol. The molecule has 0 saturated carbocycles. The number of methoxy groups -OCH3 is 1. The predicted molar refractivity (Wildman–Crippen MR) is 106 cm³/mol. The number of rotatable bonds is 8. The number of hydrogen-bond donors (Lipinski definition) is 1. The molecule has 0 aliphatic rings. The summed E-state index contributed by atoms with van der Waals surface area (Å²) in [4.78, 5) is 0. The highest BCUT2D eigenvalue weighted by molar-refractivity contribution is 8.13. The maximum absolute atomic E-state index is 12.2. The van der Waals surface area contributed by atoms with Gasteiger partial charge >= 0.3 is 6.18 Å². The van der Waals surface area contributed by atoms with Crippen molar-refractivity contribution >= 4 is 23.1 Å². The molecule has 0 radical (unpaired) electrons. The van der Waals surface area contributed by atoms with Gasteiger partial charge in [-0.2, -0.15) is 18.3 Å². The van der Waals surface area contributed by atoms with Crippen molar-refractivity contribution in [1.29, 1.82) is 0 Å². The van der Waals surface area contributed by atoms with Gasteiger partial charge in [-0.3, -0.25) is 0 Å². The zero-order valence-corrected chi connectivity index (χ0v) is 16.0. The molecule has 0 aromatic heterocycles. The third-order valence-electron chi connectivity index (χ3n) is 3.42. The molecule has 0 aliphatic heterocycles. The Labute approximate surface area is 165 Å². The van der Waals surface area contributed by atoms with Crippen molar-refractivity contribution in [1.82, 2.24) is 0 Å². The van der Waals surface area contributed by atoms with E-state index in [4.69, 9.17) is 15.2 Å². The van der Waals surface area contributed by atoms with Crippen LogP contribution in [0.5, 0.6) is 5.75 Å². The Balaban J connectivity index is 1.95. The van der Waals surface area contributed by atoms with Crippen molar-refractivity contribution in [3.63, 3.8) is 0 Å². The van der Waals surface area contributed by atoms with E-state index < -0.39 is 12.8 Å². The molecule has 2 N–H and O–H groups in total. The largest absolute Gasteiger partial charge is 0.496 e. The smallest absolute Gasteiger partial charge is 0.411 e. The van der Waals surface area contributed by atoms with Gasteiger partial charge < -0.3 is 15.2 Å². The Morgan fingerprint density at radius 3 is 2.61 bits per heavy atom. The number of nitrogens with two attached hydrogens (primary N) is 1. The maximum atomic E-state index is 12.2. The molecule has 0 atom stereocenters. The van der Waals surface area contributed by atoms with Gasteiger partial charge in [-0.25, -0.2) is 0 Å². The predicted octanol–water partition coefficient (Wildman–Crippen LogP) is 4.36. The Hall–Kier alpha value is -2.52. The molecule has 5 nitrogen and oxygen atoms in total. The minimum absolute atomic E-state index is 0.233. The Kier molecular flexibility index (Phi) is 8.34. The molecule has 150 valence electrons. The van der Waals surface area contributed by atoms with E-state index in [0.717, 1.165) is 5.56 Å². The van der Waals surface area contributed by atoms with Gasteiger partial charge in [0.2, 0.25) is 0 Å². The van der Waals surface area contributed by atoms with E-state index in [-0.39, 0.29) is 6.61 Å². The maximum Gasteiger partial charge on any atom is 0.411 e. The fourth-order valence-corrected chi connectivity index (χ4v) is 2.79. The molecule has 0 saturated heterocycles. The molecule has 0 aliphatic carbocycles. The summed E-state index contributed by atoms with van der Waals surface area (Å²) in [7, 11) is 1.44. The molecule has 0 fully saturated rings. The summed E-state index contributed by atoms with van der Waals surface area (Å²) in [5.74, 6) is 1.11. The summed E-state index contributed by atoms with van der Waals surface area (Å²) in [6.07, 6.45) is -2.92. The van der Waals surface area contributed by atoms with Gasteiger partial charge in [0.25, 0.3) is 0 Å². The number of halogens is 3. The number of hydrogen-bond acceptors (Lipinski definition) is 5. The van der Waals surface area contributed by atoms with Gasteiger partial charge in [0.15, 0.2) is 5.17 Å². The van der Waals surface area contributed by atoms with Gasteiger partial charge in [0.1, 0.15) is 12.4 Å². The van der Waals surface area contributed by atoms with Crippen LogP contribution < -0.4 is 10.5 Å². The molecular weight excluding hydrogens is 391 g/mol. The molecule has 0 amide bonds. The molecule has 28 heavy (non-hydrogen) atoms. The van der Waals surface area contributed by atoms with Gasteiger partial charge in [-0.05, 0) is 29.3 Å². The average Bonchev–Trinajstić information content (AvgIpc) is 2.66. The molecule has 0 bridgehead atoms. The molecule has 2 rings (SSSR count). The summed E-state index contributed by atoms with van der Waals surface area (Å²) in [6, 6.07) is 14.8. The average molecular weight is 411 g/mol. The lowest BCUT2D eigenvalue weighted by molar-refractivity contribution is -0.176. The number of alkyl halides is 3. The summed E-state index contributed by atoms with van der Waals surface area (Å²) in [6.45, 7) is -1.56. The van der Waals surface area contributed by atoms with Crippen molar-refractivity contribution in [2.45, 2.75) is 18.5 Å². The van der Waals surface area contributed by atoms with Crippen LogP contribution in [0.3, 0.4) is 0 Å². The quantitative estimate of drug-likeness (QED) is 0.398. The number of thioether (sulfide) groups is 1. The number of amidine groups is 1. The fraction of sp³-hybridized carbons (Fsp3) is 0.263. The second kappa shape index (κ2) is 10.7. The highest BCUT2D eigenvalue weighted by atomic mass is 32.2. The third kappa shape index (κ3) is 8.01. The molecular formula is C19H20F3N3O2S. The molecule has 0 heterocycles. The summed E-state index contributed by atoms with van der Waals surface area (Å²) >= 11 is 1.35. The lowest BCUT2D eigenvalue weighted by Gasteiger charge is -2.11. The number of benzene rings is 2. The highest BCUT2D eigenvalue weighted by Crippen LogP contribution is 2.22. The minimum atomic E-state index is -4.38. The van der Waals surface area contributed by atoms with E-state index in [1.54, 1.807) is 18.2 Å². The zero-order valence-electron chi connectivity index (χ0n) is 15.1. The molecule has 9 heteroatoms. The van der Waals surface area contributed by atoms with E-state index in [9.17, 15) is 13.2 Å². The molecule has 0 spiro atoms. The van der Waals surface area contributed by atoms with Gasteiger partial charge in [0, 0.05) is 11.3 Å². The van der Waals surface area contributed by atoms with Crippen molar-refractivity contribution in [2.75, 3.05) is 13.7 Å². The highest BCUT2D eigenvalue weighted by Gasteiger charge is 2.27. The second-order valence-corrected chi connectivity index (χ2v) is 6.63. The van der Waals surface area contributed by atoms with Crippen LogP contribution in [0.4, 0.5) is 13.2 Å². The molecule has 2 aromatic carbocycles. The van der Waals surface area contributed by atoms with Crippen LogP contribution >= 0.6 is 11.8 Å². The Morgan fingerprint density at radius 1 is 1.18 bits per heavy atom. The first-order chi connectivity index (χ1) is 13.4. The van der Waals surface area contributed by atoms with Crippen LogP contribution in [-0.4, -0.2) is 31.3 Å². The normalized spacial score (nSPS) is 12.5. The first kappa shape index (κ1) is 21.8. The van der Waals surface area contributed by atoms with Crippen LogP contribution in [0.15, 0.2) is 58.7 Å².